The third-order valence-corrected chi connectivity index (χ3v) is 7.09. The van der Waals surface area contributed by atoms with E-state index in [1.807, 2.05) is 38.7 Å². The predicted molar refractivity (Wildman–Crippen MR) is 120 cm³/mol. The maximum atomic E-state index is 12.7. The summed E-state index contributed by atoms with van der Waals surface area (Å²) in [5.74, 6) is -0.403. The Morgan fingerprint density at radius 1 is 1.29 bits per heavy atom. The van der Waals surface area contributed by atoms with Gasteiger partial charge in [0.1, 0.15) is 6.04 Å². The molecule has 31 heavy (non-hydrogen) atoms. The Bertz CT molecular complexity index is 1080. The molecule has 0 saturated carbocycles. The number of carbonyl (C=O) groups is 3. The standard InChI is InChI=1S/C22H27N5O3S/c1-11(2)27-10-15-9-14(8-12(3)17(15)20(27)29)18-13(4)24-21(31-18)25-22(30)26-7-5-6-16(26)19(23)28/h8-9,11,16H,5-7,10H2,1-4H3,(H2,23,28)(H,24,25,30). The van der Waals surface area contributed by atoms with Crippen molar-refractivity contribution in [3.05, 3.63) is 34.5 Å². The van der Waals surface area contributed by atoms with Gasteiger partial charge in [0.05, 0.1) is 10.6 Å². The number of aromatic nitrogens is 1. The summed E-state index contributed by atoms with van der Waals surface area (Å²) in [5.41, 5.74) is 9.97. The maximum absolute atomic E-state index is 12.7. The van der Waals surface area contributed by atoms with Gasteiger partial charge in [-0.05, 0) is 69.4 Å². The van der Waals surface area contributed by atoms with Crippen LogP contribution in [0, 0.1) is 13.8 Å². The Hall–Kier alpha value is -2.94. The SMILES string of the molecule is Cc1cc(-c2sc(NC(=O)N3CCCC3C(N)=O)nc2C)cc2c1C(=O)N(C(C)C)C2. The summed E-state index contributed by atoms with van der Waals surface area (Å²) >= 11 is 1.39. The fourth-order valence-electron chi connectivity index (χ4n) is 4.42. The minimum absolute atomic E-state index is 0.0812. The van der Waals surface area contributed by atoms with Crippen molar-refractivity contribution in [1.29, 1.82) is 0 Å². The molecule has 8 nitrogen and oxygen atoms in total. The van der Waals surface area contributed by atoms with Crippen LogP contribution in [0.1, 0.15) is 53.9 Å². The van der Waals surface area contributed by atoms with Crippen molar-refractivity contribution in [1.82, 2.24) is 14.8 Å². The van der Waals surface area contributed by atoms with Gasteiger partial charge in [-0.25, -0.2) is 9.78 Å². The molecule has 164 valence electrons. The van der Waals surface area contributed by atoms with Crippen molar-refractivity contribution >= 4 is 34.3 Å². The molecule has 2 aliphatic heterocycles. The summed E-state index contributed by atoms with van der Waals surface area (Å²) in [4.78, 5) is 45.8. The topological polar surface area (TPSA) is 109 Å². The zero-order chi connectivity index (χ0) is 22.4. The van der Waals surface area contributed by atoms with E-state index in [1.165, 1.54) is 16.2 Å². The number of benzene rings is 1. The van der Waals surface area contributed by atoms with Crippen molar-refractivity contribution in [3.8, 4) is 10.4 Å². The fourth-order valence-corrected chi connectivity index (χ4v) is 5.37. The number of carbonyl (C=O) groups excluding carboxylic acids is 3. The second-order valence-electron chi connectivity index (χ2n) is 8.47. The molecule has 1 saturated heterocycles. The van der Waals surface area contributed by atoms with Crippen LogP contribution in [0.4, 0.5) is 9.93 Å². The first-order valence-electron chi connectivity index (χ1n) is 10.5. The number of fused-ring (bicyclic) bond motifs is 1. The Balaban J connectivity index is 1.59. The Morgan fingerprint density at radius 2 is 2.03 bits per heavy atom. The molecule has 1 fully saturated rings. The van der Waals surface area contributed by atoms with Crippen LogP contribution in [-0.2, 0) is 11.3 Å². The molecule has 4 amide bonds. The summed E-state index contributed by atoms with van der Waals surface area (Å²) in [6.45, 7) is 9.00. The number of amides is 4. The van der Waals surface area contributed by atoms with Crippen LogP contribution in [0.3, 0.4) is 0 Å². The molecule has 1 atom stereocenters. The second kappa shape index (κ2) is 7.96. The van der Waals surface area contributed by atoms with Crippen LogP contribution in [0.25, 0.3) is 10.4 Å². The number of likely N-dealkylation sites (tertiary alicyclic amines) is 1. The Morgan fingerprint density at radius 3 is 2.71 bits per heavy atom. The van der Waals surface area contributed by atoms with Crippen LogP contribution in [0.5, 0.6) is 0 Å². The zero-order valence-corrected chi connectivity index (χ0v) is 19.0. The zero-order valence-electron chi connectivity index (χ0n) is 18.2. The third kappa shape index (κ3) is 3.78. The number of nitrogens with two attached hydrogens (primary N) is 1. The Kier molecular flexibility index (Phi) is 5.47. The van der Waals surface area contributed by atoms with Crippen molar-refractivity contribution in [2.24, 2.45) is 5.73 Å². The van der Waals surface area contributed by atoms with Crippen LogP contribution in [0.2, 0.25) is 0 Å². The lowest BCUT2D eigenvalue weighted by Crippen LogP contribution is -2.45. The van der Waals surface area contributed by atoms with Crippen LogP contribution in [-0.4, -0.2) is 51.3 Å². The molecule has 0 aliphatic carbocycles. The normalized spacial score (nSPS) is 18.1. The molecule has 2 aromatic rings. The fraction of sp³-hybridized carbons (Fsp3) is 0.455. The molecule has 2 aliphatic rings. The highest BCUT2D eigenvalue weighted by Gasteiger charge is 2.34. The number of rotatable bonds is 4. The van der Waals surface area contributed by atoms with E-state index < -0.39 is 11.9 Å². The number of primary amides is 1. The van der Waals surface area contributed by atoms with E-state index >= 15 is 0 Å². The third-order valence-electron chi connectivity index (χ3n) is 5.97. The van der Waals surface area contributed by atoms with E-state index in [2.05, 4.69) is 16.4 Å². The van der Waals surface area contributed by atoms with Gasteiger partial charge in [-0.15, -0.1) is 0 Å². The quantitative estimate of drug-likeness (QED) is 0.759. The number of aryl methyl sites for hydroxylation is 2. The van der Waals surface area contributed by atoms with Crippen LogP contribution in [0.15, 0.2) is 12.1 Å². The molecule has 9 heteroatoms. The van der Waals surface area contributed by atoms with Crippen LogP contribution < -0.4 is 11.1 Å². The number of nitrogens with zero attached hydrogens (tertiary/aromatic N) is 3. The summed E-state index contributed by atoms with van der Waals surface area (Å²) in [6, 6.07) is 3.28. The number of anilines is 1. The predicted octanol–water partition coefficient (Wildman–Crippen LogP) is 3.27. The van der Waals surface area contributed by atoms with Crippen molar-refractivity contribution in [2.45, 2.75) is 59.2 Å². The molecule has 0 bridgehead atoms. The molecule has 3 heterocycles. The van der Waals surface area contributed by atoms with Gasteiger partial charge in [-0.2, -0.15) is 0 Å². The summed E-state index contributed by atoms with van der Waals surface area (Å²) in [5, 5.41) is 3.30. The van der Waals surface area contributed by atoms with Gasteiger partial charge in [0.2, 0.25) is 5.91 Å². The van der Waals surface area contributed by atoms with Gasteiger partial charge in [-0.3, -0.25) is 14.9 Å². The highest BCUT2D eigenvalue weighted by Crippen LogP contribution is 2.37. The van der Waals surface area contributed by atoms with E-state index in [-0.39, 0.29) is 18.0 Å². The molecule has 1 unspecified atom stereocenters. The van der Waals surface area contributed by atoms with E-state index in [0.717, 1.165) is 39.2 Å². The Labute approximate surface area is 185 Å². The lowest BCUT2D eigenvalue weighted by Gasteiger charge is -2.21. The molecule has 0 spiro atoms. The van der Waals surface area contributed by atoms with Crippen molar-refractivity contribution in [3.63, 3.8) is 0 Å². The molecule has 3 N–H and O–H groups in total. The number of urea groups is 1. The number of thiazole rings is 1. The van der Waals surface area contributed by atoms with Crippen LogP contribution >= 0.6 is 11.3 Å². The van der Waals surface area contributed by atoms with E-state index in [0.29, 0.717) is 24.6 Å². The minimum Gasteiger partial charge on any atom is -0.368 e. The monoisotopic (exact) mass is 441 g/mol. The largest absolute Gasteiger partial charge is 0.368 e. The van der Waals surface area contributed by atoms with Gasteiger partial charge in [0.25, 0.3) is 5.91 Å². The summed E-state index contributed by atoms with van der Waals surface area (Å²) in [7, 11) is 0. The second-order valence-corrected chi connectivity index (χ2v) is 9.47. The maximum Gasteiger partial charge on any atom is 0.324 e. The molecular formula is C22H27N5O3S. The average molecular weight is 442 g/mol. The first-order valence-corrected chi connectivity index (χ1v) is 11.3. The number of hydrogen-bond acceptors (Lipinski definition) is 5. The highest BCUT2D eigenvalue weighted by atomic mass is 32.1. The molecular weight excluding hydrogens is 414 g/mol. The summed E-state index contributed by atoms with van der Waals surface area (Å²) in [6.07, 6.45) is 1.34. The molecule has 1 aromatic carbocycles. The lowest BCUT2D eigenvalue weighted by molar-refractivity contribution is -0.121. The number of nitrogens with one attached hydrogen (secondary N) is 1. The molecule has 0 radical (unpaired) electrons. The van der Waals surface area contributed by atoms with Gasteiger partial charge < -0.3 is 15.5 Å². The van der Waals surface area contributed by atoms with E-state index in [4.69, 9.17) is 5.73 Å². The van der Waals surface area contributed by atoms with E-state index in [9.17, 15) is 14.4 Å². The smallest absolute Gasteiger partial charge is 0.324 e. The van der Waals surface area contributed by atoms with Gasteiger partial charge in [0.15, 0.2) is 5.13 Å². The van der Waals surface area contributed by atoms with Gasteiger partial charge >= 0.3 is 6.03 Å². The first kappa shape index (κ1) is 21.3. The average Bonchev–Trinajstić information content (AvgIpc) is 3.39. The van der Waals surface area contributed by atoms with Crippen molar-refractivity contribution in [2.75, 3.05) is 11.9 Å². The minimum atomic E-state index is -0.568. The molecule has 1 aromatic heterocycles. The van der Waals surface area contributed by atoms with E-state index in [1.54, 1.807) is 0 Å². The summed E-state index contributed by atoms with van der Waals surface area (Å²) < 4.78 is 0. The van der Waals surface area contributed by atoms with Gasteiger partial charge in [0, 0.05) is 24.7 Å². The molecule has 4 rings (SSSR count). The lowest BCUT2D eigenvalue weighted by atomic mass is 9.99. The van der Waals surface area contributed by atoms with Gasteiger partial charge in [-0.1, -0.05) is 11.3 Å². The highest BCUT2D eigenvalue weighted by molar-refractivity contribution is 7.19. The number of hydrogen-bond donors (Lipinski definition) is 2. The van der Waals surface area contributed by atoms with Crippen molar-refractivity contribution < 1.29 is 14.4 Å². The first-order chi connectivity index (χ1) is 14.7.